The number of anilines is 1. The molecule has 1 aliphatic rings. The first kappa shape index (κ1) is 20.1. The van der Waals surface area contributed by atoms with Crippen molar-refractivity contribution in [3.63, 3.8) is 0 Å². The fourth-order valence-electron chi connectivity index (χ4n) is 3.30. The number of fused-ring (bicyclic) bond motifs is 1. The van der Waals surface area contributed by atoms with Crippen molar-refractivity contribution in [2.45, 2.75) is 25.5 Å². The van der Waals surface area contributed by atoms with E-state index in [1.54, 1.807) is 26.1 Å². The van der Waals surface area contributed by atoms with E-state index in [1.165, 1.54) is 4.90 Å². The summed E-state index contributed by atoms with van der Waals surface area (Å²) in [6.45, 7) is 1.74. The van der Waals surface area contributed by atoms with Gasteiger partial charge in [-0.25, -0.2) is 4.98 Å². The number of H-pyrrole nitrogens is 1. The standard InChI is InChI=1S/C21H20BrN5O3/c1-12-18(21(29)27(2)15-11-14(22)8-9-16(15)30-12)24-20(28)19-23-17(25-26-19)10-13-6-4-3-5-7-13/h3-9,11-12,18H,10H2,1-2H3,(H,24,28)(H,23,25,26)/t12-,18-/m0/s1. The molecule has 0 unspecified atom stereocenters. The second-order valence-electron chi connectivity index (χ2n) is 7.05. The average molecular weight is 470 g/mol. The van der Waals surface area contributed by atoms with Crippen LogP contribution in [0.25, 0.3) is 0 Å². The summed E-state index contributed by atoms with van der Waals surface area (Å²) in [5, 5.41) is 9.50. The minimum absolute atomic E-state index is 0.0203. The third kappa shape index (κ3) is 4.06. The molecule has 3 aromatic rings. The number of likely N-dealkylation sites (N-methyl/N-ethyl adjacent to an activating group) is 1. The molecule has 9 heteroatoms. The summed E-state index contributed by atoms with van der Waals surface area (Å²) in [6.07, 6.45) is -0.0512. The molecule has 2 heterocycles. The number of amides is 2. The first-order valence-corrected chi connectivity index (χ1v) is 10.2. The van der Waals surface area contributed by atoms with Crippen LogP contribution in [0.5, 0.6) is 5.75 Å². The number of nitrogens with one attached hydrogen (secondary N) is 2. The van der Waals surface area contributed by atoms with Crippen molar-refractivity contribution in [3.8, 4) is 5.75 Å². The number of hydrogen-bond donors (Lipinski definition) is 2. The predicted octanol–water partition coefficient (Wildman–Crippen LogP) is 2.70. The van der Waals surface area contributed by atoms with Gasteiger partial charge in [-0.15, -0.1) is 5.10 Å². The van der Waals surface area contributed by atoms with Crippen LogP contribution in [-0.4, -0.2) is 46.2 Å². The molecule has 0 aliphatic carbocycles. The molecular formula is C21H20BrN5O3. The number of hydrogen-bond acceptors (Lipinski definition) is 5. The van der Waals surface area contributed by atoms with Gasteiger partial charge in [-0.1, -0.05) is 46.3 Å². The van der Waals surface area contributed by atoms with E-state index in [0.29, 0.717) is 23.7 Å². The number of carbonyl (C=O) groups excluding carboxylic acids is 2. The molecule has 0 fully saturated rings. The van der Waals surface area contributed by atoms with E-state index in [9.17, 15) is 9.59 Å². The maximum atomic E-state index is 13.0. The maximum absolute atomic E-state index is 13.0. The number of carbonyl (C=O) groups is 2. The van der Waals surface area contributed by atoms with E-state index in [2.05, 4.69) is 36.4 Å². The van der Waals surface area contributed by atoms with E-state index >= 15 is 0 Å². The van der Waals surface area contributed by atoms with Crippen LogP contribution in [-0.2, 0) is 11.2 Å². The molecule has 0 saturated carbocycles. The Balaban J connectivity index is 1.50. The normalized spacial score (nSPS) is 18.4. The van der Waals surface area contributed by atoms with Crippen molar-refractivity contribution >= 4 is 33.4 Å². The van der Waals surface area contributed by atoms with Gasteiger partial charge >= 0.3 is 0 Å². The summed E-state index contributed by atoms with van der Waals surface area (Å²) >= 11 is 3.41. The molecule has 2 atom stereocenters. The highest BCUT2D eigenvalue weighted by molar-refractivity contribution is 9.10. The number of halogens is 1. The second kappa shape index (κ2) is 8.27. The number of aromatic nitrogens is 3. The van der Waals surface area contributed by atoms with Crippen LogP contribution >= 0.6 is 15.9 Å². The summed E-state index contributed by atoms with van der Waals surface area (Å²) in [4.78, 5) is 31.5. The van der Waals surface area contributed by atoms with Crippen molar-refractivity contribution in [1.82, 2.24) is 20.5 Å². The molecule has 8 nitrogen and oxygen atoms in total. The topological polar surface area (TPSA) is 100 Å². The number of aromatic amines is 1. The van der Waals surface area contributed by atoms with E-state index in [4.69, 9.17) is 4.74 Å². The Morgan fingerprint density at radius 2 is 2.03 bits per heavy atom. The summed E-state index contributed by atoms with van der Waals surface area (Å²) in [5.41, 5.74) is 1.67. The van der Waals surface area contributed by atoms with Crippen molar-refractivity contribution < 1.29 is 14.3 Å². The van der Waals surface area contributed by atoms with Crippen LogP contribution in [0, 0.1) is 0 Å². The van der Waals surface area contributed by atoms with Crippen molar-refractivity contribution in [2.75, 3.05) is 11.9 Å². The van der Waals surface area contributed by atoms with Crippen LogP contribution in [0.4, 0.5) is 5.69 Å². The molecule has 0 spiro atoms. The Labute approximate surface area is 181 Å². The molecule has 2 N–H and O–H groups in total. The molecule has 154 valence electrons. The van der Waals surface area contributed by atoms with Gasteiger partial charge in [-0.2, -0.15) is 0 Å². The van der Waals surface area contributed by atoms with Crippen molar-refractivity contribution in [3.05, 3.63) is 70.2 Å². The van der Waals surface area contributed by atoms with Gasteiger partial charge in [-0.3, -0.25) is 14.7 Å². The van der Waals surface area contributed by atoms with E-state index < -0.39 is 18.1 Å². The van der Waals surface area contributed by atoms with E-state index in [1.807, 2.05) is 36.4 Å². The van der Waals surface area contributed by atoms with Crippen LogP contribution in [0.2, 0.25) is 0 Å². The lowest BCUT2D eigenvalue weighted by molar-refractivity contribution is -0.121. The van der Waals surface area contributed by atoms with Gasteiger partial charge in [0, 0.05) is 17.9 Å². The molecule has 1 aliphatic heterocycles. The summed E-state index contributed by atoms with van der Waals surface area (Å²) in [7, 11) is 1.65. The number of ether oxygens (including phenoxy) is 1. The Kier molecular flexibility index (Phi) is 5.54. The molecule has 2 amide bonds. The summed E-state index contributed by atoms with van der Waals surface area (Å²) in [5.74, 6) is 0.291. The lowest BCUT2D eigenvalue weighted by Gasteiger charge is -2.23. The van der Waals surface area contributed by atoms with Gasteiger partial charge in [0.2, 0.25) is 5.82 Å². The fraction of sp³-hybridized carbons (Fsp3) is 0.238. The van der Waals surface area contributed by atoms with Crippen molar-refractivity contribution in [2.24, 2.45) is 0 Å². The van der Waals surface area contributed by atoms with Crippen LogP contribution in [0.15, 0.2) is 53.0 Å². The Morgan fingerprint density at radius 3 is 2.80 bits per heavy atom. The van der Waals surface area contributed by atoms with Gasteiger partial charge in [0.15, 0.2) is 0 Å². The first-order valence-electron chi connectivity index (χ1n) is 9.42. The minimum atomic E-state index is -0.884. The second-order valence-corrected chi connectivity index (χ2v) is 7.97. The van der Waals surface area contributed by atoms with Crippen molar-refractivity contribution in [1.29, 1.82) is 0 Å². The Bertz CT molecular complexity index is 1090. The molecule has 0 saturated heterocycles. The third-order valence-corrected chi connectivity index (χ3v) is 5.39. The third-order valence-electron chi connectivity index (χ3n) is 4.90. The zero-order valence-corrected chi connectivity index (χ0v) is 18.0. The van der Waals surface area contributed by atoms with E-state index in [0.717, 1.165) is 10.0 Å². The molecule has 1 aromatic heterocycles. The first-order chi connectivity index (χ1) is 14.4. The highest BCUT2D eigenvalue weighted by Gasteiger charge is 2.36. The van der Waals surface area contributed by atoms with Crippen LogP contribution < -0.4 is 15.0 Å². The number of nitrogens with zero attached hydrogens (tertiary/aromatic N) is 3. The van der Waals surface area contributed by atoms with Gasteiger partial charge in [0.25, 0.3) is 11.8 Å². The quantitative estimate of drug-likeness (QED) is 0.611. The van der Waals surface area contributed by atoms with Crippen LogP contribution in [0.1, 0.15) is 28.9 Å². The smallest absolute Gasteiger partial charge is 0.291 e. The summed E-state index contributed by atoms with van der Waals surface area (Å²) < 4.78 is 6.76. The van der Waals surface area contributed by atoms with Gasteiger partial charge in [0.05, 0.1) is 5.69 Å². The Hall–Kier alpha value is -3.20. The molecule has 0 radical (unpaired) electrons. The fourth-order valence-corrected chi connectivity index (χ4v) is 3.65. The molecule has 2 aromatic carbocycles. The van der Waals surface area contributed by atoms with E-state index in [-0.39, 0.29) is 11.7 Å². The summed E-state index contributed by atoms with van der Waals surface area (Å²) in [6, 6.07) is 14.3. The lowest BCUT2D eigenvalue weighted by Crippen LogP contribution is -2.53. The van der Waals surface area contributed by atoms with Gasteiger partial charge in [0.1, 0.15) is 23.7 Å². The minimum Gasteiger partial charge on any atom is -0.486 e. The van der Waals surface area contributed by atoms with Gasteiger partial charge in [-0.05, 0) is 30.7 Å². The highest BCUT2D eigenvalue weighted by Crippen LogP contribution is 2.34. The number of rotatable bonds is 4. The average Bonchev–Trinajstić information content (AvgIpc) is 3.18. The van der Waals surface area contributed by atoms with Gasteiger partial charge < -0.3 is 15.0 Å². The molecule has 0 bridgehead atoms. The monoisotopic (exact) mass is 469 g/mol. The maximum Gasteiger partial charge on any atom is 0.291 e. The zero-order valence-electron chi connectivity index (χ0n) is 16.4. The molecule has 4 rings (SSSR count). The lowest BCUT2D eigenvalue weighted by atomic mass is 10.1. The Morgan fingerprint density at radius 1 is 1.27 bits per heavy atom. The number of benzene rings is 2. The van der Waals surface area contributed by atoms with Crippen LogP contribution in [0.3, 0.4) is 0 Å². The largest absolute Gasteiger partial charge is 0.486 e. The molecular weight excluding hydrogens is 450 g/mol. The SMILES string of the molecule is C[C@@H]1Oc2ccc(Br)cc2N(C)C(=O)[C@H]1NC(=O)c1n[nH]c(Cc2ccccc2)n1. The molecule has 30 heavy (non-hydrogen) atoms. The highest BCUT2D eigenvalue weighted by atomic mass is 79.9. The predicted molar refractivity (Wildman–Crippen MR) is 115 cm³/mol. The zero-order chi connectivity index (χ0) is 21.3.